The van der Waals surface area contributed by atoms with E-state index in [0.29, 0.717) is 24.9 Å². The summed E-state index contributed by atoms with van der Waals surface area (Å²) in [6.07, 6.45) is 6.12. The number of anilines is 1. The third-order valence-electron chi connectivity index (χ3n) is 5.39. The van der Waals surface area contributed by atoms with Crippen LogP contribution >= 0.6 is 0 Å². The first kappa shape index (κ1) is 16.8. The second-order valence-corrected chi connectivity index (χ2v) is 6.99. The van der Waals surface area contributed by atoms with Crippen molar-refractivity contribution in [2.75, 3.05) is 18.0 Å². The summed E-state index contributed by atoms with van der Waals surface area (Å²) >= 11 is 0. The second kappa shape index (κ2) is 6.83. The van der Waals surface area contributed by atoms with Gasteiger partial charge >= 0.3 is 5.69 Å². The minimum atomic E-state index is -0.321. The molecule has 1 aromatic heterocycles. The van der Waals surface area contributed by atoms with Gasteiger partial charge in [0, 0.05) is 45.2 Å². The van der Waals surface area contributed by atoms with Crippen LogP contribution in [-0.4, -0.2) is 34.2 Å². The van der Waals surface area contributed by atoms with Crippen molar-refractivity contribution in [2.24, 2.45) is 20.0 Å². The number of piperidine rings is 1. The molecule has 1 aliphatic heterocycles. The van der Waals surface area contributed by atoms with E-state index in [1.54, 1.807) is 7.05 Å². The molecule has 0 atom stereocenters. The zero-order valence-corrected chi connectivity index (χ0v) is 14.5. The summed E-state index contributed by atoms with van der Waals surface area (Å²) in [4.78, 5) is 38.3. The lowest BCUT2D eigenvalue weighted by Gasteiger charge is -2.34. The number of nitrogens with zero attached hydrogens (tertiary/aromatic N) is 3. The Hall–Kier alpha value is -2.05. The first-order chi connectivity index (χ1) is 11.5. The Morgan fingerprint density at radius 3 is 2.29 bits per heavy atom. The van der Waals surface area contributed by atoms with E-state index in [1.165, 1.54) is 30.5 Å². The van der Waals surface area contributed by atoms with Gasteiger partial charge < -0.3 is 10.2 Å². The van der Waals surface area contributed by atoms with E-state index in [-0.39, 0.29) is 23.1 Å². The van der Waals surface area contributed by atoms with Crippen molar-refractivity contribution in [3.05, 3.63) is 26.9 Å². The molecule has 7 heteroatoms. The number of aromatic nitrogens is 2. The van der Waals surface area contributed by atoms with Crippen LogP contribution in [0.25, 0.3) is 0 Å². The standard InChI is InChI=1S/C17H26N4O3/c1-19-14(11-15(22)20(2)17(19)24)21-9-7-12(8-10-21)16(23)18-13-5-3-4-6-13/h11-13H,3-10H2,1-2H3,(H,18,23). The Labute approximate surface area is 141 Å². The lowest BCUT2D eigenvalue weighted by molar-refractivity contribution is -0.126. The third-order valence-corrected chi connectivity index (χ3v) is 5.39. The Morgan fingerprint density at radius 2 is 1.67 bits per heavy atom. The van der Waals surface area contributed by atoms with Gasteiger partial charge in [-0.2, -0.15) is 0 Å². The van der Waals surface area contributed by atoms with E-state index in [9.17, 15) is 14.4 Å². The van der Waals surface area contributed by atoms with E-state index < -0.39 is 0 Å². The molecule has 1 saturated heterocycles. The highest BCUT2D eigenvalue weighted by molar-refractivity contribution is 5.79. The molecule has 0 unspecified atom stereocenters. The van der Waals surface area contributed by atoms with Gasteiger partial charge in [-0.1, -0.05) is 12.8 Å². The van der Waals surface area contributed by atoms with Crippen LogP contribution in [0.2, 0.25) is 0 Å². The molecule has 3 rings (SSSR count). The van der Waals surface area contributed by atoms with Crippen LogP contribution in [0.15, 0.2) is 15.7 Å². The molecule has 0 bridgehead atoms. The van der Waals surface area contributed by atoms with Crippen molar-refractivity contribution in [3.63, 3.8) is 0 Å². The van der Waals surface area contributed by atoms with Crippen molar-refractivity contribution >= 4 is 11.7 Å². The Bertz CT molecular complexity index is 722. The number of rotatable bonds is 3. The topological polar surface area (TPSA) is 76.3 Å². The number of carbonyl (C=O) groups is 1. The van der Waals surface area contributed by atoms with Gasteiger partial charge in [-0.15, -0.1) is 0 Å². The minimum absolute atomic E-state index is 0.0328. The molecule has 1 amide bonds. The first-order valence-corrected chi connectivity index (χ1v) is 8.79. The molecule has 1 aliphatic carbocycles. The summed E-state index contributed by atoms with van der Waals surface area (Å²) < 4.78 is 2.60. The van der Waals surface area contributed by atoms with Gasteiger partial charge in [0.1, 0.15) is 5.82 Å². The van der Waals surface area contributed by atoms with Crippen molar-refractivity contribution in [1.29, 1.82) is 0 Å². The van der Waals surface area contributed by atoms with Gasteiger partial charge in [-0.3, -0.25) is 18.7 Å². The average Bonchev–Trinajstić information content (AvgIpc) is 3.09. The number of hydrogen-bond acceptors (Lipinski definition) is 4. The van der Waals surface area contributed by atoms with Gasteiger partial charge in [0.05, 0.1) is 0 Å². The lowest BCUT2D eigenvalue weighted by atomic mass is 9.95. The maximum Gasteiger partial charge on any atom is 0.332 e. The molecule has 7 nitrogen and oxygen atoms in total. The monoisotopic (exact) mass is 334 g/mol. The molecule has 2 heterocycles. The molecule has 1 N–H and O–H groups in total. The minimum Gasteiger partial charge on any atom is -0.358 e. The average molecular weight is 334 g/mol. The number of nitrogens with one attached hydrogen (secondary N) is 1. The van der Waals surface area contributed by atoms with Crippen LogP contribution in [0.4, 0.5) is 5.82 Å². The van der Waals surface area contributed by atoms with Crippen LogP contribution < -0.4 is 21.5 Å². The fourth-order valence-electron chi connectivity index (χ4n) is 3.78. The van der Waals surface area contributed by atoms with Crippen molar-refractivity contribution in [2.45, 2.75) is 44.6 Å². The maximum absolute atomic E-state index is 12.4. The molecule has 24 heavy (non-hydrogen) atoms. The highest BCUT2D eigenvalue weighted by Crippen LogP contribution is 2.23. The predicted octanol–water partition coefficient (Wildman–Crippen LogP) is 0.359. The zero-order valence-electron chi connectivity index (χ0n) is 14.5. The van der Waals surface area contributed by atoms with Gasteiger partial charge in [-0.05, 0) is 25.7 Å². The summed E-state index contributed by atoms with van der Waals surface area (Å²) in [5.74, 6) is 0.836. The predicted molar refractivity (Wildman–Crippen MR) is 92.3 cm³/mol. The summed E-state index contributed by atoms with van der Waals surface area (Å²) in [7, 11) is 3.16. The summed E-state index contributed by atoms with van der Waals surface area (Å²) in [6, 6.07) is 1.86. The molecule has 1 saturated carbocycles. The number of carbonyl (C=O) groups excluding carboxylic acids is 1. The highest BCUT2D eigenvalue weighted by Gasteiger charge is 2.28. The fourth-order valence-corrected chi connectivity index (χ4v) is 3.78. The van der Waals surface area contributed by atoms with Crippen molar-refractivity contribution < 1.29 is 4.79 Å². The van der Waals surface area contributed by atoms with Gasteiger partial charge in [0.25, 0.3) is 5.56 Å². The summed E-state index contributed by atoms with van der Waals surface area (Å²) in [6.45, 7) is 1.37. The van der Waals surface area contributed by atoms with E-state index in [4.69, 9.17) is 0 Å². The maximum atomic E-state index is 12.4. The van der Waals surface area contributed by atoms with Gasteiger partial charge in [0.2, 0.25) is 5.91 Å². The van der Waals surface area contributed by atoms with Crippen LogP contribution in [0.3, 0.4) is 0 Å². The molecular formula is C17H26N4O3. The Morgan fingerprint density at radius 1 is 1.04 bits per heavy atom. The fraction of sp³-hybridized carbons (Fsp3) is 0.706. The van der Waals surface area contributed by atoms with E-state index >= 15 is 0 Å². The zero-order chi connectivity index (χ0) is 17.3. The van der Waals surface area contributed by atoms with E-state index in [2.05, 4.69) is 5.32 Å². The molecule has 132 valence electrons. The lowest BCUT2D eigenvalue weighted by Crippen LogP contribution is -2.46. The summed E-state index contributed by atoms with van der Waals surface area (Å²) in [5.41, 5.74) is -0.618. The molecule has 2 aliphatic rings. The molecule has 0 aromatic carbocycles. The quantitative estimate of drug-likeness (QED) is 0.866. The van der Waals surface area contributed by atoms with E-state index in [0.717, 1.165) is 30.3 Å². The van der Waals surface area contributed by atoms with Gasteiger partial charge in [-0.25, -0.2) is 4.79 Å². The largest absolute Gasteiger partial charge is 0.358 e. The van der Waals surface area contributed by atoms with Crippen LogP contribution in [0.1, 0.15) is 38.5 Å². The highest BCUT2D eigenvalue weighted by atomic mass is 16.2. The van der Waals surface area contributed by atoms with Crippen molar-refractivity contribution in [1.82, 2.24) is 14.5 Å². The Balaban J connectivity index is 1.64. The molecule has 0 radical (unpaired) electrons. The summed E-state index contributed by atoms with van der Waals surface area (Å²) in [5, 5.41) is 3.17. The smallest absolute Gasteiger partial charge is 0.332 e. The van der Waals surface area contributed by atoms with Crippen LogP contribution in [0.5, 0.6) is 0 Å². The number of amides is 1. The van der Waals surface area contributed by atoms with Crippen LogP contribution in [-0.2, 0) is 18.9 Å². The first-order valence-electron chi connectivity index (χ1n) is 8.79. The molecule has 1 aromatic rings. The SMILES string of the molecule is Cn1c(N2CCC(C(=O)NC3CCCC3)CC2)cc(=O)n(C)c1=O. The number of hydrogen-bond donors (Lipinski definition) is 1. The van der Waals surface area contributed by atoms with Gasteiger partial charge in [0.15, 0.2) is 0 Å². The molecular weight excluding hydrogens is 308 g/mol. The van der Waals surface area contributed by atoms with E-state index in [1.807, 2.05) is 4.90 Å². The molecule has 2 fully saturated rings. The second-order valence-electron chi connectivity index (χ2n) is 6.99. The normalized spacial score (nSPS) is 19.7. The Kier molecular flexibility index (Phi) is 4.78. The third kappa shape index (κ3) is 3.25. The van der Waals surface area contributed by atoms with Crippen molar-refractivity contribution in [3.8, 4) is 0 Å². The molecule has 0 spiro atoms. The van der Waals surface area contributed by atoms with Crippen LogP contribution in [0, 0.1) is 5.92 Å².